The zero-order valence-corrected chi connectivity index (χ0v) is 48.4. The maximum Gasteiger partial charge on any atom is 0.0951 e. The molecule has 1 nitrogen and oxygen atoms in total. The second kappa shape index (κ2) is 19.0. The summed E-state index contributed by atoms with van der Waals surface area (Å²) in [6, 6.07) is 18.7. The summed E-state index contributed by atoms with van der Waals surface area (Å²) in [7, 11) is -8.00. The highest BCUT2D eigenvalue weighted by atomic mass is 28.3. The molecular weight excluding hydrogens is 799 g/mol. The van der Waals surface area contributed by atoms with Crippen molar-refractivity contribution in [3.63, 3.8) is 0 Å². The van der Waals surface area contributed by atoms with Crippen molar-refractivity contribution in [2.75, 3.05) is 5.73 Å². The van der Waals surface area contributed by atoms with Crippen molar-refractivity contribution in [3.8, 4) is 0 Å². The van der Waals surface area contributed by atoms with E-state index >= 15 is 0 Å². The Morgan fingerprint density at radius 1 is 0.410 bits per heavy atom. The standard InChI is InChI=1S/C56H97NSi4/c1-34(2)58(35(3)4,36(5)6)46-25-27-48-49(29-30-54(51(48)31-46)60(40(13)14,41(15)16)42(17)18)56-50-28-26-47(59(37(7)8,38(9)10)39(11)12)32-52(50)55(33-53(56)57)61(43(19)20,44(21)22)45(23)24/h25-28,30-45,49H,29,57H2,1-24H3/t49-/m1/s1. The summed E-state index contributed by atoms with van der Waals surface area (Å²) in [5.41, 5.74) is 21.0. The van der Waals surface area contributed by atoms with Crippen LogP contribution in [0.1, 0.15) is 195 Å². The molecule has 1 aliphatic rings. The van der Waals surface area contributed by atoms with Crippen molar-refractivity contribution in [3.05, 3.63) is 65.2 Å². The summed E-state index contributed by atoms with van der Waals surface area (Å²) < 4.78 is 0. The van der Waals surface area contributed by atoms with E-state index in [1.165, 1.54) is 16.3 Å². The predicted octanol–water partition coefficient (Wildman–Crippen LogP) is 17.2. The Morgan fingerprint density at radius 2 is 0.770 bits per heavy atom. The SMILES string of the molecule is CC(C)[Si](C1=CC[C@@H](c2c(N)cc([Si](C(C)C)(C(C)C)C(C)C)c3cc([Si](C(C)C)(C(C)C)C(C)C)ccc23)c2ccc([Si](C(C)C)(C(C)C)C(C)C)cc21)(C(C)C)C(C)C. The Bertz CT molecular complexity index is 1920. The van der Waals surface area contributed by atoms with Gasteiger partial charge in [-0.2, -0.15) is 0 Å². The second-order valence-corrected chi connectivity index (χ2v) is 47.5. The number of benzene rings is 3. The van der Waals surface area contributed by atoms with Gasteiger partial charge >= 0.3 is 0 Å². The molecule has 0 aliphatic heterocycles. The Balaban J connectivity index is 2.31. The molecule has 0 saturated carbocycles. The minimum absolute atomic E-state index is 0.220. The van der Waals surface area contributed by atoms with Crippen LogP contribution in [0.4, 0.5) is 5.69 Å². The van der Waals surface area contributed by atoms with Gasteiger partial charge in [0.05, 0.1) is 32.3 Å². The summed E-state index contributed by atoms with van der Waals surface area (Å²) in [4.78, 5) is 0. The van der Waals surface area contributed by atoms with Crippen LogP contribution >= 0.6 is 0 Å². The number of hydrogen-bond acceptors (Lipinski definition) is 1. The summed E-state index contributed by atoms with van der Waals surface area (Å²) in [6.45, 7) is 60.9. The zero-order valence-electron chi connectivity index (χ0n) is 44.4. The third kappa shape index (κ3) is 7.87. The third-order valence-corrected chi connectivity index (χ3v) is 46.5. The molecule has 4 rings (SSSR count). The van der Waals surface area contributed by atoms with Gasteiger partial charge in [0, 0.05) is 11.6 Å². The summed E-state index contributed by atoms with van der Waals surface area (Å²) in [6.07, 6.45) is 3.82. The lowest BCUT2D eigenvalue weighted by Crippen LogP contribution is -2.57. The van der Waals surface area contributed by atoms with E-state index in [2.05, 4.69) is 215 Å². The fourth-order valence-corrected chi connectivity index (χ4v) is 44.4. The van der Waals surface area contributed by atoms with Gasteiger partial charge in [-0.05, 0) is 112 Å². The van der Waals surface area contributed by atoms with Crippen molar-refractivity contribution >= 4 is 69.5 Å². The Morgan fingerprint density at radius 3 is 1.15 bits per heavy atom. The fourth-order valence-electron chi connectivity index (χ4n) is 16.9. The molecule has 0 radical (unpaired) electrons. The average molecular weight is 897 g/mol. The highest BCUT2D eigenvalue weighted by Crippen LogP contribution is 2.55. The van der Waals surface area contributed by atoms with Gasteiger partial charge in [0.25, 0.3) is 0 Å². The van der Waals surface area contributed by atoms with E-state index in [9.17, 15) is 0 Å². The normalized spacial score (nSPS) is 16.3. The monoisotopic (exact) mass is 896 g/mol. The predicted molar refractivity (Wildman–Crippen MR) is 292 cm³/mol. The van der Waals surface area contributed by atoms with Crippen LogP contribution in [0.3, 0.4) is 0 Å². The van der Waals surface area contributed by atoms with Crippen LogP contribution in [0.15, 0.2) is 48.5 Å². The first-order chi connectivity index (χ1) is 28.1. The van der Waals surface area contributed by atoms with Crippen molar-refractivity contribution in [1.82, 2.24) is 0 Å². The minimum atomic E-state index is -2.11. The Hall–Kier alpha value is -1.67. The van der Waals surface area contributed by atoms with Crippen molar-refractivity contribution in [1.29, 1.82) is 0 Å². The molecule has 0 fully saturated rings. The molecule has 5 heteroatoms. The molecular formula is C56H97NSi4. The van der Waals surface area contributed by atoms with E-state index < -0.39 is 32.3 Å². The summed E-state index contributed by atoms with van der Waals surface area (Å²) >= 11 is 0. The van der Waals surface area contributed by atoms with Crippen LogP contribution in [-0.4, -0.2) is 32.3 Å². The number of anilines is 1. The number of rotatable bonds is 17. The van der Waals surface area contributed by atoms with Gasteiger partial charge in [-0.25, -0.2) is 0 Å². The molecule has 3 aromatic rings. The van der Waals surface area contributed by atoms with Crippen LogP contribution in [0.5, 0.6) is 0 Å². The number of allylic oxidation sites excluding steroid dienone is 1. The van der Waals surface area contributed by atoms with E-state index in [-0.39, 0.29) is 5.92 Å². The number of nitrogens with two attached hydrogens (primary N) is 1. The lowest BCUT2D eigenvalue weighted by atomic mass is 9.79. The van der Waals surface area contributed by atoms with E-state index in [0.717, 1.165) is 12.1 Å². The van der Waals surface area contributed by atoms with E-state index in [1.807, 2.05) is 0 Å². The molecule has 1 aliphatic carbocycles. The second-order valence-electron chi connectivity index (χ2n) is 24.0. The van der Waals surface area contributed by atoms with Gasteiger partial charge in [-0.1, -0.05) is 224 Å². The van der Waals surface area contributed by atoms with Gasteiger partial charge in [-0.3, -0.25) is 0 Å². The van der Waals surface area contributed by atoms with Crippen molar-refractivity contribution in [2.45, 2.75) is 245 Å². The van der Waals surface area contributed by atoms with Crippen LogP contribution in [0, 0.1) is 0 Å². The minimum Gasteiger partial charge on any atom is -0.398 e. The average Bonchev–Trinajstić information content (AvgIpc) is 3.11. The first-order valence-electron chi connectivity index (χ1n) is 25.3. The maximum atomic E-state index is 7.75. The Kier molecular flexibility index (Phi) is 16.2. The molecule has 0 aromatic heterocycles. The van der Waals surface area contributed by atoms with Gasteiger partial charge in [0.2, 0.25) is 0 Å². The molecule has 0 heterocycles. The van der Waals surface area contributed by atoms with Crippen LogP contribution in [0.2, 0.25) is 66.5 Å². The number of hydrogen-bond donors (Lipinski definition) is 1. The van der Waals surface area contributed by atoms with Crippen LogP contribution < -0.4 is 21.3 Å². The molecule has 0 amide bonds. The van der Waals surface area contributed by atoms with Gasteiger partial charge in [0.1, 0.15) is 0 Å². The molecule has 0 unspecified atom stereocenters. The molecule has 61 heavy (non-hydrogen) atoms. The highest BCUT2D eigenvalue weighted by molar-refractivity contribution is 7.00. The van der Waals surface area contributed by atoms with Crippen LogP contribution in [-0.2, 0) is 0 Å². The topological polar surface area (TPSA) is 26.0 Å². The Labute approximate surface area is 383 Å². The summed E-state index contributed by atoms with van der Waals surface area (Å²) in [5.74, 6) is 0.220. The molecule has 0 saturated heterocycles. The van der Waals surface area contributed by atoms with Gasteiger partial charge in [-0.15, -0.1) is 0 Å². The fraction of sp³-hybridized carbons (Fsp3) is 0.679. The van der Waals surface area contributed by atoms with Crippen molar-refractivity contribution in [2.24, 2.45) is 0 Å². The zero-order chi connectivity index (χ0) is 46.6. The van der Waals surface area contributed by atoms with Gasteiger partial charge < -0.3 is 5.73 Å². The first-order valence-corrected chi connectivity index (χ1v) is 34.3. The highest BCUT2D eigenvalue weighted by Gasteiger charge is 2.51. The first kappa shape index (κ1) is 52.0. The molecule has 2 N–H and O–H groups in total. The number of nitrogen functional groups attached to an aromatic ring is 1. The van der Waals surface area contributed by atoms with Crippen molar-refractivity contribution < 1.29 is 0 Å². The van der Waals surface area contributed by atoms with E-state index in [0.29, 0.717) is 66.5 Å². The summed E-state index contributed by atoms with van der Waals surface area (Å²) in [5, 5.41) is 9.68. The lowest BCUT2D eigenvalue weighted by Gasteiger charge is -2.49. The molecule has 0 spiro atoms. The quantitative estimate of drug-likeness (QED) is 0.106. The third-order valence-electron chi connectivity index (χ3n) is 18.2. The van der Waals surface area contributed by atoms with Crippen LogP contribution in [0.25, 0.3) is 16.0 Å². The lowest BCUT2D eigenvalue weighted by molar-refractivity contribution is 0.807. The molecule has 1 atom stereocenters. The molecule has 0 bridgehead atoms. The largest absolute Gasteiger partial charge is 0.398 e. The van der Waals surface area contributed by atoms with Gasteiger partial charge in [0.15, 0.2) is 0 Å². The maximum absolute atomic E-state index is 7.75. The van der Waals surface area contributed by atoms with E-state index in [1.54, 1.807) is 31.9 Å². The number of fused-ring (bicyclic) bond motifs is 2. The molecule has 3 aromatic carbocycles. The van der Waals surface area contributed by atoms with E-state index in [4.69, 9.17) is 5.73 Å². The molecule has 342 valence electrons. The smallest absolute Gasteiger partial charge is 0.0951 e.